The monoisotopic (exact) mass is 302 g/mol. The molecule has 4 nitrogen and oxygen atoms in total. The van der Waals surface area contributed by atoms with Gasteiger partial charge in [0.1, 0.15) is 11.2 Å². The lowest BCUT2D eigenvalue weighted by Crippen LogP contribution is -2.25. The first-order valence-electron chi connectivity index (χ1n) is 6.94. The Kier molecular flexibility index (Phi) is 3.45. The first-order valence-corrected chi connectivity index (χ1v) is 7.34. The highest BCUT2D eigenvalue weighted by molar-refractivity contribution is 7.71. The Morgan fingerprint density at radius 2 is 1.95 bits per heavy atom. The van der Waals surface area contributed by atoms with Crippen LogP contribution in [-0.4, -0.2) is 16.6 Å². The Morgan fingerprint density at radius 1 is 1.24 bits per heavy atom. The molecule has 1 atom stereocenters. The summed E-state index contributed by atoms with van der Waals surface area (Å²) < 4.78 is 12.3. The number of nitrogens with zero attached hydrogens (tertiary/aromatic N) is 1. The number of hydrogen-bond donors (Lipinski definition) is 1. The Hall–Kier alpha value is -1.88. The predicted molar refractivity (Wildman–Crippen MR) is 83.4 cm³/mol. The highest BCUT2D eigenvalue weighted by atomic mass is 32.1. The molecule has 0 radical (unpaired) electrons. The zero-order valence-corrected chi connectivity index (χ0v) is 13.2. The Bertz CT molecular complexity index is 719. The van der Waals surface area contributed by atoms with Gasteiger partial charge in [0.2, 0.25) is 0 Å². The van der Waals surface area contributed by atoms with Crippen molar-refractivity contribution in [1.29, 1.82) is 0 Å². The molecule has 0 aliphatic carbocycles. The normalized spacial score (nSPS) is 17.6. The number of nitrogens with one attached hydrogen (secondary N) is 1. The average molecular weight is 302 g/mol. The van der Waals surface area contributed by atoms with Gasteiger partial charge in [-0.15, -0.1) is 0 Å². The van der Waals surface area contributed by atoms with Gasteiger partial charge in [-0.1, -0.05) is 45.1 Å². The van der Waals surface area contributed by atoms with Crippen molar-refractivity contribution in [1.82, 2.24) is 9.97 Å². The summed E-state index contributed by atoms with van der Waals surface area (Å²) in [6.45, 7) is 6.81. The molecule has 0 saturated carbocycles. The van der Waals surface area contributed by atoms with Crippen molar-refractivity contribution < 1.29 is 9.47 Å². The lowest BCUT2D eigenvalue weighted by atomic mass is 9.92. The quantitative estimate of drug-likeness (QED) is 0.810. The van der Waals surface area contributed by atoms with E-state index in [9.17, 15) is 0 Å². The fourth-order valence-electron chi connectivity index (χ4n) is 2.19. The third-order valence-corrected chi connectivity index (χ3v) is 3.59. The standard InChI is InChI=1S/C16H18N2O2S/c1-16(2,3)13-8-14(21)18-15(17-13)12-9-19-10-6-4-5-7-11(10)20-12/h4-8,12H,9H2,1-3H3,(H,17,18,21). The maximum Gasteiger partial charge on any atom is 0.190 e. The van der Waals surface area contributed by atoms with Crippen molar-refractivity contribution in [3.8, 4) is 11.5 Å². The van der Waals surface area contributed by atoms with Crippen LogP contribution in [-0.2, 0) is 5.41 Å². The molecule has 1 aromatic heterocycles. The van der Waals surface area contributed by atoms with Gasteiger partial charge < -0.3 is 14.5 Å². The fraction of sp³-hybridized carbons (Fsp3) is 0.375. The van der Waals surface area contributed by atoms with Crippen molar-refractivity contribution in [3.05, 3.63) is 46.5 Å². The van der Waals surface area contributed by atoms with E-state index >= 15 is 0 Å². The van der Waals surface area contributed by atoms with Crippen LogP contribution in [0, 0.1) is 4.64 Å². The molecule has 0 fully saturated rings. The number of H-pyrrole nitrogens is 1. The molecule has 3 rings (SSSR count). The smallest absolute Gasteiger partial charge is 0.190 e. The van der Waals surface area contributed by atoms with E-state index in [-0.39, 0.29) is 11.5 Å². The zero-order chi connectivity index (χ0) is 15.0. The maximum absolute atomic E-state index is 5.98. The van der Waals surface area contributed by atoms with E-state index in [0.717, 1.165) is 17.2 Å². The van der Waals surface area contributed by atoms with E-state index in [2.05, 4.69) is 30.7 Å². The third-order valence-electron chi connectivity index (χ3n) is 3.38. The third kappa shape index (κ3) is 2.93. The molecule has 2 aromatic rings. The highest BCUT2D eigenvalue weighted by Gasteiger charge is 2.25. The molecule has 1 aromatic carbocycles. The van der Waals surface area contributed by atoms with Crippen LogP contribution in [0.25, 0.3) is 0 Å². The van der Waals surface area contributed by atoms with Crippen LogP contribution in [0.3, 0.4) is 0 Å². The summed E-state index contributed by atoms with van der Waals surface area (Å²) >= 11 is 5.28. The SMILES string of the molecule is CC(C)(C)c1cc(=S)nc(C2COc3ccccc3O2)[nH]1. The summed E-state index contributed by atoms with van der Waals surface area (Å²) in [5.74, 6) is 2.21. The van der Waals surface area contributed by atoms with E-state index in [4.69, 9.17) is 21.7 Å². The first kappa shape index (κ1) is 14.1. The molecule has 0 saturated heterocycles. The number of rotatable bonds is 1. The second-order valence-corrected chi connectivity index (χ2v) is 6.55. The summed E-state index contributed by atoms with van der Waals surface area (Å²) in [6, 6.07) is 9.53. The van der Waals surface area contributed by atoms with Crippen LogP contribution >= 0.6 is 12.2 Å². The van der Waals surface area contributed by atoms with Crippen molar-refractivity contribution in [2.45, 2.75) is 32.3 Å². The number of benzene rings is 1. The van der Waals surface area contributed by atoms with Gasteiger partial charge in [-0.3, -0.25) is 0 Å². The maximum atomic E-state index is 5.98. The molecule has 1 aliphatic rings. The number of ether oxygens (including phenoxy) is 2. The van der Waals surface area contributed by atoms with Crippen molar-refractivity contribution in [3.63, 3.8) is 0 Å². The molecule has 0 amide bonds. The minimum absolute atomic E-state index is 0.0291. The van der Waals surface area contributed by atoms with E-state index in [1.807, 2.05) is 30.3 Å². The lowest BCUT2D eigenvalue weighted by molar-refractivity contribution is 0.0846. The second kappa shape index (κ2) is 5.15. The summed E-state index contributed by atoms with van der Waals surface area (Å²) in [6.07, 6.45) is -0.274. The van der Waals surface area contributed by atoms with Crippen LogP contribution in [0.1, 0.15) is 38.4 Å². The molecule has 110 valence electrons. The van der Waals surface area contributed by atoms with Crippen molar-refractivity contribution in [2.75, 3.05) is 6.61 Å². The molecule has 2 heterocycles. The van der Waals surface area contributed by atoms with Gasteiger partial charge in [-0.2, -0.15) is 0 Å². The average Bonchev–Trinajstić information content (AvgIpc) is 2.45. The van der Waals surface area contributed by atoms with E-state index in [0.29, 0.717) is 17.1 Å². The van der Waals surface area contributed by atoms with Gasteiger partial charge in [0.05, 0.1) is 0 Å². The lowest BCUT2D eigenvalue weighted by Gasteiger charge is -2.27. The minimum atomic E-state index is -0.274. The molecular formula is C16H18N2O2S. The number of aromatic nitrogens is 2. The minimum Gasteiger partial charge on any atom is -0.485 e. The van der Waals surface area contributed by atoms with Crippen molar-refractivity contribution >= 4 is 12.2 Å². The molecule has 1 unspecified atom stereocenters. The van der Waals surface area contributed by atoms with Gasteiger partial charge in [0.15, 0.2) is 23.4 Å². The Balaban J connectivity index is 1.95. The molecule has 1 aliphatic heterocycles. The molecular weight excluding hydrogens is 284 g/mol. The van der Waals surface area contributed by atoms with E-state index in [1.165, 1.54) is 0 Å². The second-order valence-electron chi connectivity index (χ2n) is 6.13. The van der Waals surface area contributed by atoms with E-state index in [1.54, 1.807) is 0 Å². The fourth-order valence-corrected chi connectivity index (χ4v) is 2.40. The van der Waals surface area contributed by atoms with Gasteiger partial charge >= 0.3 is 0 Å². The van der Waals surface area contributed by atoms with Crippen molar-refractivity contribution in [2.24, 2.45) is 0 Å². The van der Waals surface area contributed by atoms with E-state index < -0.39 is 0 Å². The topological polar surface area (TPSA) is 47.1 Å². The predicted octanol–water partition coefficient (Wildman–Crippen LogP) is 3.95. The zero-order valence-electron chi connectivity index (χ0n) is 12.3. The summed E-state index contributed by atoms with van der Waals surface area (Å²) in [4.78, 5) is 7.74. The number of aromatic amines is 1. The molecule has 5 heteroatoms. The number of fused-ring (bicyclic) bond motifs is 1. The Labute approximate surface area is 129 Å². The molecule has 0 spiro atoms. The molecule has 0 bridgehead atoms. The van der Waals surface area contributed by atoms with Crippen LogP contribution in [0.4, 0.5) is 0 Å². The van der Waals surface area contributed by atoms with Crippen LogP contribution in [0.5, 0.6) is 11.5 Å². The summed E-state index contributed by atoms with van der Waals surface area (Å²) in [7, 11) is 0. The summed E-state index contributed by atoms with van der Waals surface area (Å²) in [5.41, 5.74) is 1.01. The largest absolute Gasteiger partial charge is 0.485 e. The summed E-state index contributed by atoms with van der Waals surface area (Å²) in [5, 5.41) is 0. The van der Waals surface area contributed by atoms with Crippen LogP contribution < -0.4 is 9.47 Å². The first-order chi connectivity index (χ1) is 9.93. The Morgan fingerprint density at radius 3 is 2.67 bits per heavy atom. The van der Waals surface area contributed by atoms with Gasteiger partial charge in [-0.05, 0) is 18.2 Å². The number of para-hydroxylation sites is 2. The highest BCUT2D eigenvalue weighted by Crippen LogP contribution is 2.35. The van der Waals surface area contributed by atoms with Crippen LogP contribution in [0.15, 0.2) is 30.3 Å². The molecule has 1 N–H and O–H groups in total. The van der Waals surface area contributed by atoms with Gasteiger partial charge in [0.25, 0.3) is 0 Å². The van der Waals surface area contributed by atoms with Gasteiger partial charge in [0, 0.05) is 11.1 Å². The molecule has 21 heavy (non-hydrogen) atoms. The van der Waals surface area contributed by atoms with Crippen LogP contribution in [0.2, 0.25) is 0 Å². The number of hydrogen-bond acceptors (Lipinski definition) is 4. The van der Waals surface area contributed by atoms with Gasteiger partial charge in [-0.25, -0.2) is 4.98 Å².